The lowest BCUT2D eigenvalue weighted by Crippen LogP contribution is -2.28. The van der Waals surface area contributed by atoms with E-state index >= 15 is 0 Å². The van der Waals surface area contributed by atoms with Crippen LogP contribution in [0.5, 0.6) is 11.5 Å². The monoisotopic (exact) mass is 428 g/mol. The molecule has 0 radical (unpaired) electrons. The van der Waals surface area contributed by atoms with Gasteiger partial charge in [0, 0.05) is 0 Å². The van der Waals surface area contributed by atoms with Crippen LogP contribution < -0.4 is 15.2 Å². The van der Waals surface area contributed by atoms with Crippen LogP contribution in [0.4, 0.5) is 0 Å². The van der Waals surface area contributed by atoms with Gasteiger partial charge in [0.1, 0.15) is 11.5 Å². The Hall–Kier alpha value is -3.19. The highest BCUT2D eigenvalue weighted by molar-refractivity contribution is 7.85. The van der Waals surface area contributed by atoms with Gasteiger partial charge in [0.15, 0.2) is 0 Å². The van der Waals surface area contributed by atoms with Crippen molar-refractivity contribution in [3.63, 3.8) is 0 Å². The zero-order valence-electron chi connectivity index (χ0n) is 16.0. The van der Waals surface area contributed by atoms with Crippen LogP contribution in [0.25, 0.3) is 0 Å². The molecule has 7 N–H and O–H groups in total. The molecule has 0 aromatic heterocycles. The standard InChI is InChI=1S/C10H14N4O3.C7H8O3S.H2O/c1-16-8-4-3-5-9(17-2)7(8)6-13-14(15)10(11)12;1-6-2-4-7(5-3-6)11(8,9)10;/h3-6,15H,1-2H3,(H3,11,12);2-5H,1H3,(H,8,9,10);1H2/b13-6+;;. The third-order valence-electron chi connectivity index (χ3n) is 3.30. The Morgan fingerprint density at radius 3 is 2.00 bits per heavy atom. The van der Waals surface area contributed by atoms with Gasteiger partial charge in [-0.25, -0.2) is 0 Å². The van der Waals surface area contributed by atoms with Gasteiger partial charge in [-0.3, -0.25) is 15.2 Å². The summed E-state index contributed by atoms with van der Waals surface area (Å²) in [6, 6.07) is 11.2. The topological polar surface area (TPSA) is 190 Å². The molecule has 0 aliphatic rings. The number of rotatable bonds is 5. The molecule has 2 aromatic carbocycles. The average Bonchev–Trinajstić information content (AvgIpc) is 2.65. The number of aryl methyl sites for hydroxylation is 1. The van der Waals surface area contributed by atoms with E-state index in [1.54, 1.807) is 30.3 Å². The highest BCUT2D eigenvalue weighted by atomic mass is 32.2. The Bertz CT molecular complexity index is 909. The van der Waals surface area contributed by atoms with Crippen molar-refractivity contribution >= 4 is 22.3 Å². The molecule has 160 valence electrons. The first-order valence-corrected chi connectivity index (χ1v) is 9.16. The summed E-state index contributed by atoms with van der Waals surface area (Å²) >= 11 is 0. The van der Waals surface area contributed by atoms with Crippen LogP contribution in [0.2, 0.25) is 0 Å². The van der Waals surface area contributed by atoms with Crippen LogP contribution >= 0.6 is 0 Å². The minimum Gasteiger partial charge on any atom is -0.496 e. The SMILES string of the molecule is COc1cccc(OC)c1/C=N/N(O)C(=N)N.Cc1ccc(S(=O)(=O)O)cc1.O. The van der Waals surface area contributed by atoms with Gasteiger partial charge in [0.05, 0.1) is 30.9 Å². The maximum absolute atomic E-state index is 10.5. The van der Waals surface area contributed by atoms with E-state index in [4.69, 9.17) is 30.4 Å². The molecule has 2 aromatic rings. The number of nitrogens with zero attached hydrogens (tertiary/aromatic N) is 2. The smallest absolute Gasteiger partial charge is 0.294 e. The van der Waals surface area contributed by atoms with Crippen LogP contribution in [0, 0.1) is 12.3 Å². The number of ether oxygens (including phenoxy) is 2. The van der Waals surface area contributed by atoms with Gasteiger partial charge in [0.25, 0.3) is 10.1 Å². The van der Waals surface area contributed by atoms with E-state index in [2.05, 4.69) is 5.10 Å². The molecule has 0 aliphatic carbocycles. The molecule has 29 heavy (non-hydrogen) atoms. The van der Waals surface area contributed by atoms with Gasteiger partial charge in [-0.05, 0) is 31.2 Å². The average molecular weight is 428 g/mol. The van der Waals surface area contributed by atoms with Crippen molar-refractivity contribution in [2.24, 2.45) is 10.8 Å². The third kappa shape index (κ3) is 8.15. The zero-order chi connectivity index (χ0) is 21.3. The van der Waals surface area contributed by atoms with Crippen LogP contribution in [0.1, 0.15) is 11.1 Å². The fourth-order valence-electron chi connectivity index (χ4n) is 1.89. The first-order chi connectivity index (χ1) is 13.1. The molecule has 0 unspecified atom stereocenters. The lowest BCUT2D eigenvalue weighted by Gasteiger charge is -2.10. The number of nitrogens with two attached hydrogens (primary N) is 1. The van der Waals surface area contributed by atoms with Crippen LogP contribution in [-0.2, 0) is 10.1 Å². The largest absolute Gasteiger partial charge is 0.496 e. The molecule has 0 atom stereocenters. The van der Waals surface area contributed by atoms with Crippen molar-refractivity contribution in [1.29, 1.82) is 5.41 Å². The maximum Gasteiger partial charge on any atom is 0.294 e. The molecular weight excluding hydrogens is 404 g/mol. The first-order valence-electron chi connectivity index (χ1n) is 7.72. The lowest BCUT2D eigenvalue weighted by molar-refractivity contribution is -0.0139. The maximum atomic E-state index is 10.5. The summed E-state index contributed by atoms with van der Waals surface area (Å²) < 4.78 is 39.8. The second kappa shape index (κ2) is 11.6. The lowest BCUT2D eigenvalue weighted by atomic mass is 10.2. The highest BCUT2D eigenvalue weighted by Crippen LogP contribution is 2.26. The van der Waals surface area contributed by atoms with Gasteiger partial charge in [-0.15, -0.1) is 5.17 Å². The Morgan fingerprint density at radius 2 is 1.62 bits per heavy atom. The number of benzene rings is 2. The summed E-state index contributed by atoms with van der Waals surface area (Å²) in [7, 11) is -1.00. The molecule has 0 saturated carbocycles. The molecule has 0 amide bonds. The van der Waals surface area contributed by atoms with E-state index in [0.29, 0.717) is 17.1 Å². The Balaban J connectivity index is 0.000000568. The summed E-state index contributed by atoms with van der Waals surface area (Å²) in [5.74, 6) is 0.477. The minimum absolute atomic E-state index is 0. The van der Waals surface area contributed by atoms with Gasteiger partial charge < -0.3 is 20.7 Å². The number of hydrogen-bond donors (Lipinski definition) is 4. The van der Waals surface area contributed by atoms with E-state index in [1.807, 2.05) is 6.92 Å². The van der Waals surface area contributed by atoms with E-state index in [9.17, 15) is 8.42 Å². The Kier molecular flexibility index (Phi) is 10.3. The normalized spacial score (nSPS) is 10.4. The molecule has 11 nitrogen and oxygen atoms in total. The summed E-state index contributed by atoms with van der Waals surface area (Å²) in [5, 5.41) is 19.9. The molecule has 0 aliphatic heterocycles. The Labute approximate surface area is 168 Å². The minimum atomic E-state index is -4.02. The van der Waals surface area contributed by atoms with E-state index < -0.39 is 16.1 Å². The number of hydrazone groups is 1. The van der Waals surface area contributed by atoms with Crippen molar-refractivity contribution in [2.75, 3.05) is 14.2 Å². The molecule has 0 heterocycles. The second-order valence-electron chi connectivity index (χ2n) is 5.28. The molecule has 2 rings (SSSR count). The second-order valence-corrected chi connectivity index (χ2v) is 6.71. The van der Waals surface area contributed by atoms with Crippen LogP contribution in [0.15, 0.2) is 52.5 Å². The number of guanidine groups is 1. The van der Waals surface area contributed by atoms with Crippen molar-refractivity contribution < 1.29 is 33.1 Å². The van der Waals surface area contributed by atoms with Crippen molar-refractivity contribution in [1.82, 2.24) is 5.17 Å². The summed E-state index contributed by atoms with van der Waals surface area (Å²) in [6.45, 7) is 1.84. The number of hydroxylamine groups is 1. The van der Waals surface area contributed by atoms with Gasteiger partial charge in [0.2, 0.25) is 5.96 Å². The van der Waals surface area contributed by atoms with Crippen LogP contribution in [0.3, 0.4) is 0 Å². The van der Waals surface area contributed by atoms with Gasteiger partial charge >= 0.3 is 0 Å². The quantitative estimate of drug-likeness (QED) is 0.235. The predicted molar refractivity (Wildman–Crippen MR) is 107 cm³/mol. The van der Waals surface area contributed by atoms with Gasteiger partial charge in [-0.2, -0.15) is 13.5 Å². The fraction of sp³-hybridized carbons (Fsp3) is 0.176. The molecule has 0 saturated heterocycles. The van der Waals surface area contributed by atoms with E-state index in [1.165, 1.54) is 32.6 Å². The van der Waals surface area contributed by atoms with Crippen molar-refractivity contribution in [2.45, 2.75) is 11.8 Å². The predicted octanol–water partition coefficient (Wildman–Crippen LogP) is 1.04. The molecule has 0 bridgehead atoms. The van der Waals surface area contributed by atoms with E-state index in [0.717, 1.165) is 5.56 Å². The van der Waals surface area contributed by atoms with Gasteiger partial charge in [-0.1, -0.05) is 23.8 Å². The molecule has 12 heteroatoms. The fourth-order valence-corrected chi connectivity index (χ4v) is 2.37. The number of nitrogens with one attached hydrogen (secondary N) is 1. The van der Waals surface area contributed by atoms with Crippen molar-refractivity contribution in [3.05, 3.63) is 53.6 Å². The third-order valence-corrected chi connectivity index (χ3v) is 4.16. The van der Waals surface area contributed by atoms with E-state index in [-0.39, 0.29) is 15.5 Å². The number of methoxy groups -OCH3 is 2. The molecule has 0 fully saturated rings. The summed E-state index contributed by atoms with van der Waals surface area (Å²) in [4.78, 5) is -0.0666. The zero-order valence-corrected chi connectivity index (χ0v) is 16.8. The van der Waals surface area contributed by atoms with Crippen LogP contribution in [-0.4, -0.2) is 55.2 Å². The van der Waals surface area contributed by atoms with Crippen molar-refractivity contribution in [3.8, 4) is 11.5 Å². The molecular formula is C17H24N4O7S. The first kappa shape index (κ1) is 25.8. The number of hydrogen-bond acceptors (Lipinski definition) is 7. The summed E-state index contributed by atoms with van der Waals surface area (Å²) in [6.07, 6.45) is 1.29. The molecule has 0 spiro atoms. The summed E-state index contributed by atoms with van der Waals surface area (Å²) in [5.41, 5.74) is 6.52. The highest BCUT2D eigenvalue weighted by Gasteiger charge is 2.08. The Morgan fingerprint density at radius 1 is 1.14 bits per heavy atom.